The number of carbonyl (C=O) groups excluding carboxylic acids is 1. The van der Waals surface area contributed by atoms with E-state index in [0.717, 1.165) is 31.1 Å². The molecule has 1 amide bonds. The van der Waals surface area contributed by atoms with Gasteiger partial charge in [-0.2, -0.15) is 4.98 Å². The third-order valence-corrected chi connectivity index (χ3v) is 7.75. The van der Waals surface area contributed by atoms with Crippen LogP contribution < -0.4 is 15.6 Å². The Morgan fingerprint density at radius 3 is 2.66 bits per heavy atom. The molecule has 12 heteroatoms. The van der Waals surface area contributed by atoms with Gasteiger partial charge >= 0.3 is 0 Å². The van der Waals surface area contributed by atoms with Gasteiger partial charge in [-0.05, 0) is 25.0 Å². The normalized spacial score (nSPS) is 16.2. The van der Waals surface area contributed by atoms with Crippen molar-refractivity contribution in [1.29, 1.82) is 0 Å². The smallest absolute Gasteiger partial charge is 0.270 e. The largest absolute Gasteiger partial charge is 0.456 e. The molecule has 2 aliphatic rings. The van der Waals surface area contributed by atoms with Crippen molar-refractivity contribution in [2.45, 2.75) is 31.7 Å². The van der Waals surface area contributed by atoms with Crippen molar-refractivity contribution in [2.24, 2.45) is 0 Å². The van der Waals surface area contributed by atoms with Crippen LogP contribution in [0, 0.1) is 0 Å². The van der Waals surface area contributed by atoms with Crippen molar-refractivity contribution in [3.63, 3.8) is 0 Å². The van der Waals surface area contributed by atoms with Crippen LogP contribution in [-0.4, -0.2) is 65.7 Å². The third kappa shape index (κ3) is 4.53. The van der Waals surface area contributed by atoms with Gasteiger partial charge in [0, 0.05) is 50.9 Å². The van der Waals surface area contributed by atoms with Crippen molar-refractivity contribution in [3.05, 3.63) is 52.6 Å². The molecule has 0 unspecified atom stereocenters. The second kappa shape index (κ2) is 10.1. The maximum absolute atomic E-state index is 13.0. The Bertz CT molecular complexity index is 1800. The molecule has 1 saturated heterocycles. The molecule has 12 nitrogen and oxygen atoms in total. The van der Waals surface area contributed by atoms with Crippen LogP contribution in [0.1, 0.15) is 42.2 Å². The molecule has 1 saturated carbocycles. The Labute approximate surface area is 234 Å². The number of hydrogen-bond acceptors (Lipinski definition) is 10. The highest BCUT2D eigenvalue weighted by Gasteiger charge is 2.27. The van der Waals surface area contributed by atoms with Crippen molar-refractivity contribution in [1.82, 2.24) is 19.4 Å². The molecule has 41 heavy (non-hydrogen) atoms. The second-order valence-corrected chi connectivity index (χ2v) is 10.7. The van der Waals surface area contributed by atoms with Gasteiger partial charge in [0.25, 0.3) is 5.91 Å². The lowest BCUT2D eigenvalue weighted by molar-refractivity contribution is 0.0815. The monoisotopic (exact) mass is 558 g/mol. The zero-order valence-electron chi connectivity index (χ0n) is 22.9. The summed E-state index contributed by atoms with van der Waals surface area (Å²) in [5, 5.41) is 3.95. The van der Waals surface area contributed by atoms with Gasteiger partial charge in [0.1, 0.15) is 23.4 Å². The molecule has 0 atom stereocenters. The van der Waals surface area contributed by atoms with Crippen molar-refractivity contribution in [2.75, 3.05) is 50.6 Å². The number of morpholine rings is 1. The minimum absolute atomic E-state index is 0.0594. The van der Waals surface area contributed by atoms with Crippen molar-refractivity contribution in [3.8, 4) is 11.3 Å². The van der Waals surface area contributed by atoms with Crippen LogP contribution >= 0.6 is 0 Å². The summed E-state index contributed by atoms with van der Waals surface area (Å²) in [6, 6.07) is 7.05. The topological polar surface area (TPSA) is 132 Å². The zero-order chi connectivity index (χ0) is 28.1. The number of anilines is 3. The number of fused-ring (bicyclic) bond motifs is 2. The van der Waals surface area contributed by atoms with Gasteiger partial charge in [-0.25, -0.2) is 4.98 Å². The quantitative estimate of drug-likeness (QED) is 0.310. The van der Waals surface area contributed by atoms with Crippen LogP contribution in [0.15, 0.2) is 54.8 Å². The SMILES string of the molecule is CN(C)C(=O)c1cc2cnc(Nc3ccc(-c4coc5c(=O)cc(N6CCOCC6)oc45)o3)nc2n1C1CCCC1. The van der Waals surface area contributed by atoms with E-state index in [9.17, 15) is 9.59 Å². The summed E-state index contributed by atoms with van der Waals surface area (Å²) >= 11 is 0. The summed E-state index contributed by atoms with van der Waals surface area (Å²) in [7, 11) is 3.51. The van der Waals surface area contributed by atoms with E-state index in [1.54, 1.807) is 37.3 Å². The first-order valence-electron chi connectivity index (χ1n) is 13.8. The Morgan fingerprint density at radius 1 is 1.07 bits per heavy atom. The summed E-state index contributed by atoms with van der Waals surface area (Å²) in [4.78, 5) is 38.6. The predicted molar refractivity (Wildman–Crippen MR) is 152 cm³/mol. The fraction of sp³-hybridized carbons (Fsp3) is 0.379. The maximum Gasteiger partial charge on any atom is 0.270 e. The van der Waals surface area contributed by atoms with Gasteiger partial charge in [-0.1, -0.05) is 12.8 Å². The molecule has 5 aromatic heterocycles. The van der Waals surface area contributed by atoms with Crippen molar-refractivity contribution < 1.29 is 22.8 Å². The highest BCUT2D eigenvalue weighted by molar-refractivity contribution is 5.98. The third-order valence-electron chi connectivity index (χ3n) is 7.75. The molecule has 7 rings (SSSR count). The number of amides is 1. The highest BCUT2D eigenvalue weighted by Crippen LogP contribution is 2.36. The number of ether oxygens (including phenoxy) is 1. The Balaban J connectivity index is 1.20. The van der Waals surface area contributed by atoms with E-state index in [4.69, 9.17) is 23.0 Å². The molecule has 1 aliphatic carbocycles. The molecule has 212 valence electrons. The standard InChI is InChI=1S/C29H30N6O6/c1-33(2)28(37)20-13-17-15-30-29(32-27(17)35(20)18-5-3-4-6-18)31-23-8-7-22(40-23)19-16-39-26-21(36)14-24(41-25(19)26)34-9-11-38-12-10-34/h7-8,13-16,18H,3-6,9-12H2,1-2H3,(H,30,31,32). The molecule has 0 radical (unpaired) electrons. The summed E-state index contributed by atoms with van der Waals surface area (Å²) in [5.74, 6) is 1.62. The lowest BCUT2D eigenvalue weighted by Gasteiger charge is -2.26. The minimum Gasteiger partial charge on any atom is -0.456 e. The fourth-order valence-corrected chi connectivity index (χ4v) is 5.69. The van der Waals surface area contributed by atoms with E-state index < -0.39 is 0 Å². The summed E-state index contributed by atoms with van der Waals surface area (Å²) in [6.45, 7) is 2.41. The van der Waals surface area contributed by atoms with Crippen LogP contribution in [0.3, 0.4) is 0 Å². The Kier molecular flexibility index (Phi) is 6.26. The first kappa shape index (κ1) is 25.4. The number of furan rings is 2. The molecule has 5 aromatic rings. The maximum atomic E-state index is 13.0. The molecular formula is C29H30N6O6. The number of aromatic nitrogens is 3. The minimum atomic E-state index is -0.261. The number of nitrogens with zero attached hydrogens (tertiary/aromatic N) is 5. The molecule has 1 aliphatic heterocycles. The Morgan fingerprint density at radius 2 is 1.88 bits per heavy atom. The Hall–Kier alpha value is -4.58. The summed E-state index contributed by atoms with van der Waals surface area (Å²) < 4.78 is 25.2. The van der Waals surface area contributed by atoms with Gasteiger partial charge in [-0.3, -0.25) is 14.9 Å². The first-order valence-corrected chi connectivity index (χ1v) is 13.8. The summed E-state index contributed by atoms with van der Waals surface area (Å²) in [5.41, 5.74) is 2.05. The van der Waals surface area contributed by atoms with Crippen LogP contribution in [0.2, 0.25) is 0 Å². The first-order chi connectivity index (χ1) is 20.0. The lowest BCUT2D eigenvalue weighted by Crippen LogP contribution is -2.36. The summed E-state index contributed by atoms with van der Waals surface area (Å²) in [6.07, 6.45) is 7.45. The lowest BCUT2D eigenvalue weighted by atomic mass is 10.2. The van der Waals surface area contributed by atoms with Crippen LogP contribution in [0.5, 0.6) is 0 Å². The van der Waals surface area contributed by atoms with Gasteiger partial charge in [-0.15, -0.1) is 0 Å². The molecule has 6 heterocycles. The number of carbonyl (C=O) groups is 1. The number of nitrogens with one attached hydrogen (secondary N) is 1. The van der Waals surface area contributed by atoms with E-state index in [1.165, 1.54) is 12.3 Å². The van der Waals surface area contributed by atoms with Gasteiger partial charge in [0.05, 0.1) is 24.8 Å². The fourth-order valence-electron chi connectivity index (χ4n) is 5.69. The molecule has 2 fully saturated rings. The average Bonchev–Trinajstić information content (AvgIpc) is 3.78. The van der Waals surface area contributed by atoms with Crippen LogP contribution in [0.4, 0.5) is 17.7 Å². The zero-order valence-corrected chi connectivity index (χ0v) is 22.9. The van der Waals surface area contributed by atoms with E-state index in [2.05, 4.69) is 14.9 Å². The van der Waals surface area contributed by atoms with E-state index in [-0.39, 0.29) is 23.0 Å². The van der Waals surface area contributed by atoms with E-state index in [0.29, 0.717) is 72.3 Å². The average molecular weight is 559 g/mol. The van der Waals surface area contributed by atoms with Gasteiger partial charge in [0.2, 0.25) is 17.0 Å². The van der Waals surface area contributed by atoms with Gasteiger partial charge < -0.3 is 32.4 Å². The van der Waals surface area contributed by atoms with Crippen LogP contribution in [0.25, 0.3) is 33.5 Å². The number of rotatable bonds is 6. The van der Waals surface area contributed by atoms with E-state index >= 15 is 0 Å². The molecule has 0 bridgehead atoms. The van der Waals surface area contributed by atoms with Crippen molar-refractivity contribution >= 4 is 45.8 Å². The molecule has 0 aromatic carbocycles. The van der Waals surface area contributed by atoms with Crippen LogP contribution in [-0.2, 0) is 4.74 Å². The molecule has 1 N–H and O–H groups in total. The van der Waals surface area contributed by atoms with E-state index in [1.807, 2.05) is 11.0 Å². The second-order valence-electron chi connectivity index (χ2n) is 10.7. The number of hydrogen-bond donors (Lipinski definition) is 1. The predicted octanol–water partition coefficient (Wildman–Crippen LogP) is 4.79. The van der Waals surface area contributed by atoms with Gasteiger partial charge in [0.15, 0.2) is 17.4 Å². The molecule has 0 spiro atoms. The highest BCUT2D eigenvalue weighted by atomic mass is 16.5. The molecular weight excluding hydrogens is 528 g/mol.